The number of hydrogen-bond donors (Lipinski definition) is 3. The van der Waals surface area contributed by atoms with Gasteiger partial charge in [-0.25, -0.2) is 10.8 Å². The number of hydrogen-bond acceptors (Lipinski definition) is 5. The summed E-state index contributed by atoms with van der Waals surface area (Å²) in [6, 6.07) is 7.73. The molecule has 1 aromatic carbocycles. The lowest BCUT2D eigenvalue weighted by Gasteiger charge is -2.11. The highest BCUT2D eigenvalue weighted by Gasteiger charge is 2.12. The number of rotatable bonds is 2. The summed E-state index contributed by atoms with van der Waals surface area (Å²) in [7, 11) is 0. The van der Waals surface area contributed by atoms with Gasteiger partial charge in [0.2, 0.25) is 5.95 Å². The first-order valence-corrected chi connectivity index (χ1v) is 5.47. The summed E-state index contributed by atoms with van der Waals surface area (Å²) < 4.78 is 0.896. The molecule has 0 unspecified atom stereocenters. The SMILES string of the molecule is Cc1ccc(-c2nc(NN)n(N)c(=O)c2C)cc1. The number of anilines is 1. The van der Waals surface area contributed by atoms with Crippen molar-refractivity contribution in [2.24, 2.45) is 5.84 Å². The lowest BCUT2D eigenvalue weighted by Crippen LogP contribution is -2.34. The Morgan fingerprint density at radius 1 is 1.22 bits per heavy atom. The van der Waals surface area contributed by atoms with Crippen molar-refractivity contribution >= 4 is 5.95 Å². The highest BCUT2D eigenvalue weighted by molar-refractivity contribution is 5.64. The molecule has 2 aromatic rings. The summed E-state index contributed by atoms with van der Waals surface area (Å²) >= 11 is 0. The van der Waals surface area contributed by atoms with Crippen molar-refractivity contribution in [3.8, 4) is 11.3 Å². The molecule has 6 nitrogen and oxygen atoms in total. The van der Waals surface area contributed by atoms with Crippen molar-refractivity contribution in [2.75, 3.05) is 11.3 Å². The first-order valence-electron chi connectivity index (χ1n) is 5.47. The van der Waals surface area contributed by atoms with E-state index in [1.54, 1.807) is 6.92 Å². The minimum absolute atomic E-state index is 0.126. The van der Waals surface area contributed by atoms with E-state index in [4.69, 9.17) is 11.7 Å². The van der Waals surface area contributed by atoms with Gasteiger partial charge in [0.05, 0.1) is 5.69 Å². The van der Waals surface area contributed by atoms with Gasteiger partial charge in [-0.3, -0.25) is 10.2 Å². The molecule has 1 heterocycles. The van der Waals surface area contributed by atoms with Crippen LogP contribution in [0.3, 0.4) is 0 Å². The molecule has 0 fully saturated rings. The summed E-state index contributed by atoms with van der Waals surface area (Å²) in [4.78, 5) is 16.2. The van der Waals surface area contributed by atoms with Crippen LogP contribution in [0.1, 0.15) is 11.1 Å². The molecule has 0 amide bonds. The van der Waals surface area contributed by atoms with Crippen LogP contribution in [0, 0.1) is 13.8 Å². The second kappa shape index (κ2) is 4.50. The monoisotopic (exact) mass is 245 g/mol. The smallest absolute Gasteiger partial charge is 0.276 e. The molecule has 0 bridgehead atoms. The molecule has 5 N–H and O–H groups in total. The van der Waals surface area contributed by atoms with Gasteiger partial charge in [-0.2, -0.15) is 4.68 Å². The van der Waals surface area contributed by atoms with Crippen LogP contribution in [0.15, 0.2) is 29.1 Å². The molecule has 0 atom stereocenters. The molecule has 0 saturated heterocycles. The van der Waals surface area contributed by atoms with Crippen LogP contribution in [0.4, 0.5) is 5.95 Å². The van der Waals surface area contributed by atoms with Gasteiger partial charge in [0, 0.05) is 11.1 Å². The second-order valence-electron chi connectivity index (χ2n) is 4.09. The number of nitrogens with one attached hydrogen (secondary N) is 1. The topological polar surface area (TPSA) is 99.0 Å². The Kier molecular flexibility index (Phi) is 3.03. The number of nitrogen functional groups attached to an aromatic ring is 2. The Balaban J connectivity index is 2.68. The molecule has 0 saturated carbocycles. The van der Waals surface area contributed by atoms with E-state index in [2.05, 4.69) is 10.4 Å². The molecule has 94 valence electrons. The van der Waals surface area contributed by atoms with E-state index in [1.807, 2.05) is 31.2 Å². The Hall–Kier alpha value is -2.34. The fourth-order valence-corrected chi connectivity index (χ4v) is 1.72. The van der Waals surface area contributed by atoms with Crippen LogP contribution in [-0.2, 0) is 0 Å². The highest BCUT2D eigenvalue weighted by Crippen LogP contribution is 2.20. The minimum Gasteiger partial charge on any atom is -0.333 e. The molecule has 0 aliphatic carbocycles. The number of benzene rings is 1. The zero-order valence-corrected chi connectivity index (χ0v) is 10.3. The van der Waals surface area contributed by atoms with E-state index in [9.17, 15) is 4.79 Å². The second-order valence-corrected chi connectivity index (χ2v) is 4.09. The first kappa shape index (κ1) is 12.1. The predicted octanol–water partition coefficient (Wildman–Crippen LogP) is 0.527. The summed E-state index contributed by atoms with van der Waals surface area (Å²) in [6.07, 6.45) is 0. The largest absolute Gasteiger partial charge is 0.333 e. The average Bonchev–Trinajstić information content (AvgIpc) is 2.38. The zero-order valence-electron chi connectivity index (χ0n) is 10.3. The van der Waals surface area contributed by atoms with E-state index in [0.717, 1.165) is 15.8 Å². The Labute approximate surface area is 104 Å². The number of nitrogens with two attached hydrogens (primary N) is 2. The number of nitrogens with zero attached hydrogens (tertiary/aromatic N) is 2. The van der Waals surface area contributed by atoms with Gasteiger partial charge in [-0.05, 0) is 13.8 Å². The van der Waals surface area contributed by atoms with Gasteiger partial charge in [-0.1, -0.05) is 29.8 Å². The quantitative estimate of drug-likeness (QED) is 0.529. The van der Waals surface area contributed by atoms with Crippen LogP contribution in [0.25, 0.3) is 11.3 Å². The lowest BCUT2D eigenvalue weighted by atomic mass is 10.1. The van der Waals surface area contributed by atoms with Gasteiger partial charge in [0.15, 0.2) is 0 Å². The van der Waals surface area contributed by atoms with Crippen LogP contribution >= 0.6 is 0 Å². The van der Waals surface area contributed by atoms with Crippen LogP contribution in [-0.4, -0.2) is 9.66 Å². The normalized spacial score (nSPS) is 10.4. The summed E-state index contributed by atoms with van der Waals surface area (Å²) in [5.74, 6) is 11.0. The van der Waals surface area contributed by atoms with Gasteiger partial charge >= 0.3 is 0 Å². The Morgan fingerprint density at radius 3 is 2.39 bits per heavy atom. The molecule has 6 heteroatoms. The molecular weight excluding hydrogens is 230 g/mol. The number of aromatic nitrogens is 2. The lowest BCUT2D eigenvalue weighted by molar-refractivity contribution is 0.877. The molecular formula is C12H15N5O. The van der Waals surface area contributed by atoms with E-state index in [0.29, 0.717) is 11.3 Å². The third-order valence-electron chi connectivity index (χ3n) is 2.79. The van der Waals surface area contributed by atoms with Crippen LogP contribution in [0.2, 0.25) is 0 Å². The highest BCUT2D eigenvalue weighted by atomic mass is 16.1. The van der Waals surface area contributed by atoms with Crippen molar-refractivity contribution in [2.45, 2.75) is 13.8 Å². The summed E-state index contributed by atoms with van der Waals surface area (Å²) in [5.41, 5.74) is 5.04. The van der Waals surface area contributed by atoms with E-state index in [1.165, 1.54) is 0 Å². The minimum atomic E-state index is -0.325. The van der Waals surface area contributed by atoms with Crippen molar-refractivity contribution in [1.82, 2.24) is 9.66 Å². The molecule has 18 heavy (non-hydrogen) atoms. The maximum atomic E-state index is 11.9. The maximum Gasteiger partial charge on any atom is 0.276 e. The van der Waals surface area contributed by atoms with Crippen LogP contribution < -0.4 is 22.7 Å². The standard InChI is InChI=1S/C12H15N5O/c1-7-3-5-9(6-4-7)10-8(2)11(18)17(14)12(15-10)16-13/h3-6H,13-14H2,1-2H3,(H,15,16). The zero-order chi connectivity index (χ0) is 13.3. The van der Waals surface area contributed by atoms with E-state index < -0.39 is 0 Å². The van der Waals surface area contributed by atoms with Crippen molar-refractivity contribution in [3.63, 3.8) is 0 Å². The number of aryl methyl sites for hydroxylation is 1. The molecule has 0 radical (unpaired) electrons. The van der Waals surface area contributed by atoms with Gasteiger partial charge in [-0.15, -0.1) is 0 Å². The molecule has 2 rings (SSSR count). The Bertz CT molecular complexity index is 630. The predicted molar refractivity (Wildman–Crippen MR) is 71.4 cm³/mol. The van der Waals surface area contributed by atoms with E-state index >= 15 is 0 Å². The van der Waals surface area contributed by atoms with Crippen molar-refractivity contribution < 1.29 is 0 Å². The van der Waals surface area contributed by atoms with Gasteiger partial charge < -0.3 is 5.84 Å². The maximum absolute atomic E-state index is 11.9. The van der Waals surface area contributed by atoms with Crippen LogP contribution in [0.5, 0.6) is 0 Å². The molecule has 0 aliphatic rings. The average molecular weight is 245 g/mol. The van der Waals surface area contributed by atoms with E-state index in [-0.39, 0.29) is 11.5 Å². The Morgan fingerprint density at radius 2 is 1.83 bits per heavy atom. The molecule has 1 aromatic heterocycles. The number of hydrazine groups is 1. The molecule has 0 aliphatic heterocycles. The summed E-state index contributed by atoms with van der Waals surface area (Å²) in [5, 5.41) is 0. The first-order chi connectivity index (χ1) is 8.54. The summed E-state index contributed by atoms with van der Waals surface area (Å²) in [6.45, 7) is 3.68. The van der Waals surface area contributed by atoms with Crippen molar-refractivity contribution in [3.05, 3.63) is 45.7 Å². The fourth-order valence-electron chi connectivity index (χ4n) is 1.72. The van der Waals surface area contributed by atoms with Crippen molar-refractivity contribution in [1.29, 1.82) is 0 Å². The third kappa shape index (κ3) is 1.93. The third-order valence-corrected chi connectivity index (χ3v) is 2.79. The molecule has 0 spiro atoms. The van der Waals surface area contributed by atoms with Gasteiger partial charge in [0.1, 0.15) is 0 Å². The van der Waals surface area contributed by atoms with Gasteiger partial charge in [0.25, 0.3) is 5.56 Å². The fraction of sp³-hybridized carbons (Fsp3) is 0.167.